The van der Waals surface area contributed by atoms with Gasteiger partial charge in [-0.2, -0.15) is 5.10 Å². The first-order chi connectivity index (χ1) is 13.9. The Morgan fingerprint density at radius 2 is 1.79 bits per heavy atom. The minimum atomic E-state index is -0.468. The Bertz CT molecular complexity index is 1080. The molecule has 1 N–H and O–H groups in total. The van der Waals surface area contributed by atoms with Crippen molar-refractivity contribution in [3.05, 3.63) is 97.0 Å². The Balaban J connectivity index is 1.75. The lowest BCUT2D eigenvalue weighted by Crippen LogP contribution is -2.18. The fourth-order valence-electron chi connectivity index (χ4n) is 2.43. The van der Waals surface area contributed by atoms with E-state index in [0.29, 0.717) is 22.4 Å². The third kappa shape index (κ3) is 5.74. The van der Waals surface area contributed by atoms with E-state index in [4.69, 9.17) is 4.74 Å². The molecule has 0 radical (unpaired) electrons. The molecule has 0 aromatic heterocycles. The summed E-state index contributed by atoms with van der Waals surface area (Å²) in [6.07, 6.45) is 1.44. The van der Waals surface area contributed by atoms with Crippen molar-refractivity contribution < 1.29 is 14.3 Å². The van der Waals surface area contributed by atoms with E-state index in [1.54, 1.807) is 42.5 Å². The summed E-state index contributed by atoms with van der Waals surface area (Å²) in [4.78, 5) is 24.7. The van der Waals surface area contributed by atoms with Crippen LogP contribution in [0, 0.1) is 10.5 Å². The molecule has 3 aromatic rings. The highest BCUT2D eigenvalue weighted by molar-refractivity contribution is 14.1. The third-order valence-corrected chi connectivity index (χ3v) is 5.38. The van der Waals surface area contributed by atoms with E-state index in [1.807, 2.05) is 31.2 Å². The molecule has 0 aliphatic rings. The first kappa shape index (κ1) is 21.2. The number of hydrogen-bond acceptors (Lipinski definition) is 4. The normalized spacial score (nSPS) is 10.7. The number of benzene rings is 3. The van der Waals surface area contributed by atoms with Gasteiger partial charge in [0.15, 0.2) is 0 Å². The molecule has 29 heavy (non-hydrogen) atoms. The average Bonchev–Trinajstić information content (AvgIpc) is 2.70. The van der Waals surface area contributed by atoms with Crippen LogP contribution in [-0.4, -0.2) is 18.1 Å². The van der Waals surface area contributed by atoms with Crippen LogP contribution < -0.4 is 10.2 Å². The molecule has 0 unspecified atom stereocenters. The minimum Gasteiger partial charge on any atom is -0.422 e. The Hall–Kier alpha value is -2.52. The molecule has 0 spiro atoms. The largest absolute Gasteiger partial charge is 0.422 e. The molecule has 3 aromatic carbocycles. The molecule has 0 atom stereocenters. The van der Waals surface area contributed by atoms with Gasteiger partial charge in [-0.25, -0.2) is 10.2 Å². The number of esters is 1. The first-order valence-corrected chi connectivity index (χ1v) is 10.5. The van der Waals surface area contributed by atoms with Crippen LogP contribution in [0.5, 0.6) is 5.75 Å². The smallest absolute Gasteiger partial charge is 0.343 e. The average molecular weight is 563 g/mol. The summed E-state index contributed by atoms with van der Waals surface area (Å²) in [7, 11) is 0. The SMILES string of the molecule is Cc1ccc(C(=O)Oc2ccc(Br)cc2/C=N\NC(=O)c2ccccc2I)cc1. The monoisotopic (exact) mass is 562 g/mol. The zero-order valence-electron chi connectivity index (χ0n) is 15.4. The highest BCUT2D eigenvalue weighted by Crippen LogP contribution is 2.23. The van der Waals surface area contributed by atoms with Crippen LogP contribution >= 0.6 is 38.5 Å². The van der Waals surface area contributed by atoms with Crippen molar-refractivity contribution in [2.24, 2.45) is 5.10 Å². The lowest BCUT2D eigenvalue weighted by molar-refractivity contribution is 0.0734. The topological polar surface area (TPSA) is 67.8 Å². The highest BCUT2D eigenvalue weighted by atomic mass is 127. The predicted molar refractivity (Wildman–Crippen MR) is 124 cm³/mol. The van der Waals surface area contributed by atoms with Crippen molar-refractivity contribution >= 4 is 56.6 Å². The Morgan fingerprint density at radius 1 is 1.07 bits per heavy atom. The minimum absolute atomic E-state index is 0.320. The van der Waals surface area contributed by atoms with Gasteiger partial charge in [-0.15, -0.1) is 0 Å². The number of rotatable bonds is 5. The van der Waals surface area contributed by atoms with Crippen LogP contribution in [0.4, 0.5) is 0 Å². The maximum Gasteiger partial charge on any atom is 0.343 e. The van der Waals surface area contributed by atoms with Crippen molar-refractivity contribution in [2.45, 2.75) is 6.92 Å². The van der Waals surface area contributed by atoms with Crippen LogP contribution in [-0.2, 0) is 0 Å². The summed E-state index contributed by atoms with van der Waals surface area (Å²) in [6.45, 7) is 1.95. The molecule has 0 saturated heterocycles. The van der Waals surface area contributed by atoms with E-state index >= 15 is 0 Å². The number of hydrazone groups is 1. The summed E-state index contributed by atoms with van der Waals surface area (Å²) in [5, 5.41) is 4.01. The van der Waals surface area contributed by atoms with Gasteiger partial charge in [0.05, 0.1) is 17.3 Å². The molecule has 5 nitrogen and oxygen atoms in total. The zero-order chi connectivity index (χ0) is 20.8. The number of ether oxygens (including phenoxy) is 1. The van der Waals surface area contributed by atoms with Crippen molar-refractivity contribution in [3.63, 3.8) is 0 Å². The van der Waals surface area contributed by atoms with Gasteiger partial charge in [0, 0.05) is 13.6 Å². The van der Waals surface area contributed by atoms with Gasteiger partial charge in [0.25, 0.3) is 5.91 Å². The molecule has 0 aliphatic heterocycles. The van der Waals surface area contributed by atoms with Crippen molar-refractivity contribution in [1.29, 1.82) is 0 Å². The van der Waals surface area contributed by atoms with Gasteiger partial charge in [0.2, 0.25) is 0 Å². The number of nitrogens with one attached hydrogen (secondary N) is 1. The number of nitrogens with zero attached hydrogens (tertiary/aromatic N) is 1. The first-order valence-electron chi connectivity index (χ1n) is 8.60. The van der Waals surface area contributed by atoms with Gasteiger partial charge >= 0.3 is 5.97 Å². The van der Waals surface area contributed by atoms with E-state index < -0.39 is 5.97 Å². The van der Waals surface area contributed by atoms with Gasteiger partial charge < -0.3 is 4.74 Å². The maximum absolute atomic E-state index is 12.4. The number of halogens is 2. The summed E-state index contributed by atoms with van der Waals surface area (Å²) >= 11 is 5.48. The number of amides is 1. The molecule has 1 amide bonds. The van der Waals surface area contributed by atoms with Crippen molar-refractivity contribution in [2.75, 3.05) is 0 Å². The van der Waals surface area contributed by atoms with E-state index in [2.05, 4.69) is 49.0 Å². The van der Waals surface area contributed by atoms with Crippen molar-refractivity contribution in [3.8, 4) is 5.75 Å². The summed E-state index contributed by atoms with van der Waals surface area (Å²) in [5.41, 5.74) is 5.08. The lowest BCUT2D eigenvalue weighted by Gasteiger charge is -2.08. The number of hydrogen-bond donors (Lipinski definition) is 1. The molecular formula is C22H16BrIN2O3. The van der Waals surface area contributed by atoms with Crippen LogP contribution in [0.3, 0.4) is 0 Å². The van der Waals surface area contributed by atoms with Crippen LogP contribution in [0.25, 0.3) is 0 Å². The molecule has 3 rings (SSSR count). The van der Waals surface area contributed by atoms with E-state index in [-0.39, 0.29) is 5.91 Å². The lowest BCUT2D eigenvalue weighted by atomic mass is 10.1. The van der Waals surface area contributed by atoms with Gasteiger partial charge in [0.1, 0.15) is 5.75 Å². The molecule has 0 heterocycles. The molecule has 0 saturated carbocycles. The van der Waals surface area contributed by atoms with E-state index in [1.165, 1.54) is 6.21 Å². The maximum atomic E-state index is 12.4. The quantitative estimate of drug-likeness (QED) is 0.150. The summed E-state index contributed by atoms with van der Waals surface area (Å²) < 4.78 is 7.14. The van der Waals surface area contributed by atoms with Crippen LogP contribution in [0.15, 0.2) is 76.3 Å². The standard InChI is InChI=1S/C22H16BrIN2O3/c1-14-6-8-15(9-7-14)22(28)29-20-11-10-17(23)12-16(20)13-25-26-21(27)18-4-2-3-5-19(18)24/h2-13H,1H3,(H,26,27)/b25-13-. The second kappa shape index (κ2) is 9.80. The second-order valence-electron chi connectivity index (χ2n) is 6.12. The molecule has 0 fully saturated rings. The molecule has 7 heteroatoms. The number of carbonyl (C=O) groups excluding carboxylic acids is 2. The number of carbonyl (C=O) groups is 2. The number of aryl methyl sites for hydroxylation is 1. The fourth-order valence-corrected chi connectivity index (χ4v) is 3.44. The Kier molecular flexibility index (Phi) is 7.16. The van der Waals surface area contributed by atoms with Crippen LogP contribution in [0.2, 0.25) is 0 Å². The van der Waals surface area contributed by atoms with Gasteiger partial charge in [-0.3, -0.25) is 4.79 Å². The van der Waals surface area contributed by atoms with E-state index in [9.17, 15) is 9.59 Å². The molecule has 146 valence electrons. The van der Waals surface area contributed by atoms with Crippen LogP contribution in [0.1, 0.15) is 31.8 Å². The molecule has 0 aliphatic carbocycles. The molecular weight excluding hydrogens is 547 g/mol. The van der Waals surface area contributed by atoms with E-state index in [0.717, 1.165) is 13.6 Å². The summed E-state index contributed by atoms with van der Waals surface area (Å²) in [5.74, 6) is -0.449. The van der Waals surface area contributed by atoms with Crippen molar-refractivity contribution in [1.82, 2.24) is 5.43 Å². The zero-order valence-corrected chi connectivity index (χ0v) is 19.1. The highest BCUT2D eigenvalue weighted by Gasteiger charge is 2.12. The summed E-state index contributed by atoms with van der Waals surface area (Å²) in [6, 6.07) is 19.5. The Morgan fingerprint density at radius 3 is 2.52 bits per heavy atom. The predicted octanol–water partition coefficient (Wildman–Crippen LogP) is 5.35. The third-order valence-electron chi connectivity index (χ3n) is 3.95. The van der Waals surface area contributed by atoms with Gasteiger partial charge in [-0.1, -0.05) is 45.8 Å². The Labute approximate surface area is 190 Å². The molecule has 0 bridgehead atoms. The fraction of sp³-hybridized carbons (Fsp3) is 0.0455. The second-order valence-corrected chi connectivity index (χ2v) is 8.19. The van der Waals surface area contributed by atoms with Gasteiger partial charge in [-0.05, 0) is 72.0 Å².